The molecule has 3 nitrogen and oxygen atoms in total. The summed E-state index contributed by atoms with van der Waals surface area (Å²) >= 11 is 0. The number of methoxy groups -OCH3 is 2. The van der Waals surface area contributed by atoms with Crippen molar-refractivity contribution in [1.82, 2.24) is 0 Å². The predicted octanol–water partition coefficient (Wildman–Crippen LogP) is 3.75. The van der Waals surface area contributed by atoms with Gasteiger partial charge < -0.3 is 9.47 Å². The SMILES string of the molecule is COc1ccc2c(c1)CC[C@H]1[C@@H]3[C@H](OC)CC(=O)[C@@]3(C)CC[C@H]21. The molecule has 5 atom stereocenters. The molecule has 0 amide bonds. The summed E-state index contributed by atoms with van der Waals surface area (Å²) in [4.78, 5) is 12.6. The first kappa shape index (κ1) is 15.2. The van der Waals surface area contributed by atoms with E-state index in [9.17, 15) is 4.79 Å². The molecule has 0 aliphatic heterocycles. The quantitative estimate of drug-likeness (QED) is 0.834. The van der Waals surface area contributed by atoms with Crippen LogP contribution in [0.15, 0.2) is 18.2 Å². The Kier molecular flexibility index (Phi) is 3.53. The monoisotopic (exact) mass is 314 g/mol. The molecule has 3 aliphatic carbocycles. The van der Waals surface area contributed by atoms with Crippen LogP contribution in [-0.4, -0.2) is 26.1 Å². The van der Waals surface area contributed by atoms with E-state index in [1.807, 2.05) is 0 Å². The predicted molar refractivity (Wildman–Crippen MR) is 88.8 cm³/mol. The third kappa shape index (κ3) is 2.09. The van der Waals surface area contributed by atoms with Crippen LogP contribution < -0.4 is 4.74 Å². The first-order valence-corrected chi connectivity index (χ1v) is 8.81. The zero-order valence-electron chi connectivity index (χ0n) is 14.3. The van der Waals surface area contributed by atoms with Crippen LogP contribution in [-0.2, 0) is 16.0 Å². The molecule has 0 saturated heterocycles. The number of ketones is 1. The number of hydrogen-bond acceptors (Lipinski definition) is 3. The third-order valence-electron chi connectivity index (χ3n) is 6.91. The average molecular weight is 314 g/mol. The Morgan fingerprint density at radius 3 is 2.78 bits per heavy atom. The van der Waals surface area contributed by atoms with Crippen molar-refractivity contribution in [1.29, 1.82) is 0 Å². The van der Waals surface area contributed by atoms with Crippen LogP contribution >= 0.6 is 0 Å². The molecule has 0 heterocycles. The summed E-state index contributed by atoms with van der Waals surface area (Å²) in [5.74, 6) is 2.91. The Bertz CT molecular complexity index is 638. The van der Waals surface area contributed by atoms with Gasteiger partial charge in [0.05, 0.1) is 13.2 Å². The molecular weight excluding hydrogens is 288 g/mol. The van der Waals surface area contributed by atoms with Crippen molar-refractivity contribution in [3.8, 4) is 5.75 Å². The molecule has 3 aliphatic rings. The average Bonchev–Trinajstić information content (AvgIpc) is 2.85. The smallest absolute Gasteiger partial charge is 0.141 e. The van der Waals surface area contributed by atoms with Crippen LogP contribution in [0.3, 0.4) is 0 Å². The molecule has 3 heteroatoms. The normalized spacial score (nSPS) is 38.7. The topological polar surface area (TPSA) is 35.5 Å². The Hall–Kier alpha value is -1.35. The molecule has 0 bridgehead atoms. The fourth-order valence-electron chi connectivity index (χ4n) is 5.72. The van der Waals surface area contributed by atoms with Gasteiger partial charge in [-0.1, -0.05) is 13.0 Å². The number of carbonyl (C=O) groups is 1. The highest BCUT2D eigenvalue weighted by atomic mass is 16.5. The molecule has 0 radical (unpaired) electrons. The molecule has 0 spiro atoms. The fourth-order valence-corrected chi connectivity index (χ4v) is 5.72. The van der Waals surface area contributed by atoms with E-state index in [-0.39, 0.29) is 11.5 Å². The van der Waals surface area contributed by atoms with Crippen LogP contribution in [0.5, 0.6) is 5.75 Å². The van der Waals surface area contributed by atoms with E-state index < -0.39 is 0 Å². The first-order valence-electron chi connectivity index (χ1n) is 8.81. The Morgan fingerprint density at radius 1 is 1.22 bits per heavy atom. The van der Waals surface area contributed by atoms with E-state index in [2.05, 4.69) is 25.1 Å². The standard InChI is InChI=1S/C20H26O3/c1-20-9-8-15-14-7-5-13(22-2)10-12(14)4-6-16(15)19(20)17(23-3)11-18(20)21/h5,7,10,15-17,19H,4,6,8-9,11H2,1-3H3/t15-,16-,17-,19-,20-/m1/s1. The summed E-state index contributed by atoms with van der Waals surface area (Å²) in [6.45, 7) is 2.19. The lowest BCUT2D eigenvalue weighted by Crippen LogP contribution is -2.45. The Balaban J connectivity index is 1.72. The number of benzene rings is 1. The summed E-state index contributed by atoms with van der Waals surface area (Å²) in [7, 11) is 3.50. The van der Waals surface area contributed by atoms with E-state index in [1.54, 1.807) is 14.2 Å². The maximum atomic E-state index is 12.6. The maximum Gasteiger partial charge on any atom is 0.141 e. The van der Waals surface area contributed by atoms with Crippen LogP contribution in [0.1, 0.15) is 49.7 Å². The summed E-state index contributed by atoms with van der Waals surface area (Å²) < 4.78 is 11.1. The minimum absolute atomic E-state index is 0.111. The highest BCUT2D eigenvalue weighted by Crippen LogP contribution is 2.60. The van der Waals surface area contributed by atoms with Gasteiger partial charge in [-0.05, 0) is 60.8 Å². The second-order valence-electron chi connectivity index (χ2n) is 7.76. The Morgan fingerprint density at radius 2 is 2.04 bits per heavy atom. The van der Waals surface area contributed by atoms with Gasteiger partial charge in [-0.15, -0.1) is 0 Å². The van der Waals surface area contributed by atoms with Gasteiger partial charge in [0.15, 0.2) is 0 Å². The van der Waals surface area contributed by atoms with E-state index in [4.69, 9.17) is 9.47 Å². The molecule has 23 heavy (non-hydrogen) atoms. The lowest BCUT2D eigenvalue weighted by molar-refractivity contribution is -0.129. The van der Waals surface area contributed by atoms with Gasteiger partial charge in [-0.3, -0.25) is 4.79 Å². The number of hydrogen-bond donors (Lipinski definition) is 0. The van der Waals surface area contributed by atoms with Crippen molar-refractivity contribution in [3.05, 3.63) is 29.3 Å². The highest BCUT2D eigenvalue weighted by molar-refractivity contribution is 5.88. The van der Waals surface area contributed by atoms with E-state index >= 15 is 0 Å². The fraction of sp³-hybridized carbons (Fsp3) is 0.650. The van der Waals surface area contributed by atoms with Crippen molar-refractivity contribution in [3.63, 3.8) is 0 Å². The molecule has 2 fully saturated rings. The molecule has 1 aromatic rings. The largest absolute Gasteiger partial charge is 0.497 e. The van der Waals surface area contributed by atoms with Crippen molar-refractivity contribution in [2.45, 2.75) is 51.0 Å². The lowest BCUT2D eigenvalue weighted by Gasteiger charge is -2.49. The van der Waals surface area contributed by atoms with Gasteiger partial charge >= 0.3 is 0 Å². The summed E-state index contributed by atoms with van der Waals surface area (Å²) in [5.41, 5.74) is 2.76. The molecule has 0 N–H and O–H groups in total. The van der Waals surface area contributed by atoms with E-state index in [0.717, 1.165) is 31.4 Å². The van der Waals surface area contributed by atoms with Crippen molar-refractivity contribution in [2.24, 2.45) is 17.3 Å². The van der Waals surface area contributed by atoms with E-state index in [0.29, 0.717) is 30.0 Å². The minimum Gasteiger partial charge on any atom is -0.497 e. The van der Waals surface area contributed by atoms with Crippen LogP contribution in [0, 0.1) is 17.3 Å². The van der Waals surface area contributed by atoms with E-state index in [1.165, 1.54) is 11.1 Å². The molecule has 2 saturated carbocycles. The zero-order chi connectivity index (χ0) is 16.2. The second-order valence-corrected chi connectivity index (χ2v) is 7.76. The van der Waals surface area contributed by atoms with Crippen LogP contribution in [0.2, 0.25) is 0 Å². The minimum atomic E-state index is -0.161. The molecular formula is C20H26O3. The summed E-state index contributed by atoms with van der Waals surface area (Å²) in [5, 5.41) is 0. The summed E-state index contributed by atoms with van der Waals surface area (Å²) in [6, 6.07) is 6.54. The van der Waals surface area contributed by atoms with Crippen molar-refractivity contribution in [2.75, 3.05) is 14.2 Å². The number of carbonyl (C=O) groups excluding carboxylic acids is 1. The molecule has 0 aromatic heterocycles. The van der Waals surface area contributed by atoms with Gasteiger partial charge in [0.2, 0.25) is 0 Å². The highest BCUT2D eigenvalue weighted by Gasteiger charge is 2.59. The lowest BCUT2D eigenvalue weighted by atomic mass is 9.55. The first-order chi connectivity index (χ1) is 11.1. The van der Waals surface area contributed by atoms with Gasteiger partial charge in [0.1, 0.15) is 11.5 Å². The van der Waals surface area contributed by atoms with Gasteiger partial charge in [-0.25, -0.2) is 0 Å². The maximum absolute atomic E-state index is 12.6. The number of fused-ring (bicyclic) bond motifs is 5. The molecule has 0 unspecified atom stereocenters. The molecule has 124 valence electrons. The Labute approximate surface area is 138 Å². The summed E-state index contributed by atoms with van der Waals surface area (Å²) in [6.07, 6.45) is 5.10. The second kappa shape index (κ2) is 5.34. The van der Waals surface area contributed by atoms with Crippen LogP contribution in [0.25, 0.3) is 0 Å². The van der Waals surface area contributed by atoms with Crippen molar-refractivity contribution < 1.29 is 14.3 Å². The third-order valence-corrected chi connectivity index (χ3v) is 6.91. The van der Waals surface area contributed by atoms with Crippen LogP contribution in [0.4, 0.5) is 0 Å². The van der Waals surface area contributed by atoms with Gasteiger partial charge in [0.25, 0.3) is 0 Å². The molecule has 1 aromatic carbocycles. The van der Waals surface area contributed by atoms with Gasteiger partial charge in [0, 0.05) is 24.9 Å². The number of ether oxygens (including phenoxy) is 2. The molecule has 4 rings (SSSR count). The number of rotatable bonds is 2. The number of aryl methyl sites for hydroxylation is 1. The zero-order valence-corrected chi connectivity index (χ0v) is 14.3. The van der Waals surface area contributed by atoms with Crippen molar-refractivity contribution >= 4 is 5.78 Å². The van der Waals surface area contributed by atoms with Gasteiger partial charge in [-0.2, -0.15) is 0 Å². The number of Topliss-reactive ketones (excluding diaryl/α,β-unsaturated/α-hetero) is 1.